The topological polar surface area (TPSA) is 35.0 Å². The molecule has 2 aromatic heterocycles. The van der Waals surface area contributed by atoms with Gasteiger partial charge in [-0.05, 0) is 59.5 Å². The Labute approximate surface area is 153 Å². The van der Waals surface area contributed by atoms with Crippen molar-refractivity contribution in [2.24, 2.45) is 0 Å². The molecule has 134 valence electrons. The van der Waals surface area contributed by atoms with E-state index in [2.05, 4.69) is 9.97 Å². The summed E-state index contributed by atoms with van der Waals surface area (Å²) in [5.41, 5.74) is 0.895. The Bertz CT molecular complexity index is 1090. The highest BCUT2D eigenvalue weighted by Crippen LogP contribution is 2.34. The molecule has 0 unspecified atom stereocenters. The number of ether oxygens (including phenoxy) is 1. The third-order valence-corrected chi connectivity index (χ3v) is 4.12. The van der Waals surface area contributed by atoms with Gasteiger partial charge in [0.15, 0.2) is 0 Å². The van der Waals surface area contributed by atoms with Gasteiger partial charge in [0.05, 0.1) is 5.56 Å². The molecule has 0 atom stereocenters. The maximum Gasteiger partial charge on any atom is 0.416 e. The lowest BCUT2D eigenvalue weighted by molar-refractivity contribution is -0.137. The van der Waals surface area contributed by atoms with Crippen molar-refractivity contribution in [2.75, 3.05) is 0 Å². The molecule has 4 rings (SSSR count). The molecule has 0 aliphatic carbocycles. The summed E-state index contributed by atoms with van der Waals surface area (Å²) in [6.45, 7) is 0. The molecule has 0 bridgehead atoms. The van der Waals surface area contributed by atoms with E-state index in [-0.39, 0.29) is 5.75 Å². The second-order valence-electron chi connectivity index (χ2n) is 5.92. The van der Waals surface area contributed by atoms with E-state index in [1.807, 2.05) is 30.3 Å². The number of fused-ring (bicyclic) bond motifs is 1. The number of aromatic nitrogens is 2. The van der Waals surface area contributed by atoms with Crippen LogP contribution < -0.4 is 4.74 Å². The van der Waals surface area contributed by atoms with E-state index >= 15 is 0 Å². The van der Waals surface area contributed by atoms with Crippen LogP contribution in [0.5, 0.6) is 11.6 Å². The Morgan fingerprint density at radius 2 is 1.63 bits per heavy atom. The lowest BCUT2D eigenvalue weighted by Gasteiger charge is -2.12. The molecule has 3 nitrogen and oxygen atoms in total. The second kappa shape index (κ2) is 6.72. The summed E-state index contributed by atoms with van der Waals surface area (Å²) < 4.78 is 43.9. The van der Waals surface area contributed by atoms with Crippen molar-refractivity contribution in [3.8, 4) is 22.8 Å². The minimum Gasteiger partial charge on any atom is -0.438 e. The Morgan fingerprint density at radius 1 is 0.815 bits per heavy atom. The zero-order chi connectivity index (χ0) is 18.9. The van der Waals surface area contributed by atoms with Crippen LogP contribution in [0, 0.1) is 0 Å². The van der Waals surface area contributed by atoms with Crippen LogP contribution in [0.15, 0.2) is 79.3 Å². The van der Waals surface area contributed by atoms with Crippen molar-refractivity contribution >= 4 is 10.8 Å². The molecule has 0 saturated carbocycles. The first-order chi connectivity index (χ1) is 13.0. The molecule has 0 amide bonds. The zero-order valence-electron chi connectivity index (χ0n) is 13.9. The van der Waals surface area contributed by atoms with Crippen molar-refractivity contribution in [1.29, 1.82) is 0 Å². The van der Waals surface area contributed by atoms with Gasteiger partial charge in [0.1, 0.15) is 5.75 Å². The monoisotopic (exact) mass is 366 g/mol. The number of pyridine rings is 2. The van der Waals surface area contributed by atoms with Crippen LogP contribution in [-0.2, 0) is 6.18 Å². The minimum atomic E-state index is -4.38. The van der Waals surface area contributed by atoms with E-state index in [1.54, 1.807) is 24.7 Å². The van der Waals surface area contributed by atoms with Crippen molar-refractivity contribution in [2.45, 2.75) is 6.18 Å². The van der Waals surface area contributed by atoms with Gasteiger partial charge in [0.25, 0.3) is 0 Å². The number of benzene rings is 2. The Balaban J connectivity index is 1.68. The van der Waals surface area contributed by atoms with Gasteiger partial charge in [-0.25, -0.2) is 4.98 Å². The molecule has 0 saturated heterocycles. The lowest BCUT2D eigenvalue weighted by atomic mass is 10.0. The predicted octanol–water partition coefficient (Wildman–Crippen LogP) is 6.11. The highest BCUT2D eigenvalue weighted by molar-refractivity contribution is 5.87. The SMILES string of the molecule is FC(F)(F)c1ccc(Oc2ncccc2-c2ccc3ccncc3c2)cc1. The fourth-order valence-corrected chi connectivity index (χ4v) is 2.77. The van der Waals surface area contributed by atoms with E-state index in [1.165, 1.54) is 12.1 Å². The number of halogens is 3. The fraction of sp³-hybridized carbons (Fsp3) is 0.0476. The van der Waals surface area contributed by atoms with Crippen molar-refractivity contribution in [1.82, 2.24) is 9.97 Å². The van der Waals surface area contributed by atoms with Crippen LogP contribution >= 0.6 is 0 Å². The molecule has 0 N–H and O–H groups in total. The molecular formula is C21H13F3N2O. The van der Waals surface area contributed by atoms with Crippen LogP contribution in [0.1, 0.15) is 5.56 Å². The van der Waals surface area contributed by atoms with Crippen molar-refractivity contribution in [3.63, 3.8) is 0 Å². The predicted molar refractivity (Wildman–Crippen MR) is 96.5 cm³/mol. The lowest BCUT2D eigenvalue weighted by Crippen LogP contribution is -2.04. The highest BCUT2D eigenvalue weighted by atomic mass is 19.4. The Morgan fingerprint density at radius 3 is 2.41 bits per heavy atom. The summed E-state index contributed by atoms with van der Waals surface area (Å²) in [5, 5.41) is 2.03. The van der Waals surface area contributed by atoms with Gasteiger partial charge in [-0.3, -0.25) is 4.98 Å². The minimum absolute atomic E-state index is 0.283. The summed E-state index contributed by atoms with van der Waals surface area (Å²) in [6.07, 6.45) is 0.691. The molecule has 2 aromatic carbocycles. The van der Waals surface area contributed by atoms with Crippen LogP contribution in [0.3, 0.4) is 0 Å². The van der Waals surface area contributed by atoms with Gasteiger partial charge in [-0.15, -0.1) is 0 Å². The number of hydrogen-bond donors (Lipinski definition) is 0. The molecule has 27 heavy (non-hydrogen) atoms. The van der Waals surface area contributed by atoms with Gasteiger partial charge in [0, 0.05) is 29.5 Å². The van der Waals surface area contributed by atoms with Gasteiger partial charge in [-0.2, -0.15) is 13.2 Å². The summed E-state index contributed by atoms with van der Waals surface area (Å²) >= 11 is 0. The number of alkyl halides is 3. The molecule has 0 spiro atoms. The number of rotatable bonds is 3. The third-order valence-electron chi connectivity index (χ3n) is 4.12. The first kappa shape index (κ1) is 17.0. The van der Waals surface area contributed by atoms with Crippen molar-refractivity contribution < 1.29 is 17.9 Å². The molecule has 0 aliphatic heterocycles. The van der Waals surface area contributed by atoms with Crippen LogP contribution in [0.4, 0.5) is 13.2 Å². The van der Waals surface area contributed by atoms with Gasteiger partial charge >= 0.3 is 6.18 Å². The average molecular weight is 366 g/mol. The maximum absolute atomic E-state index is 12.7. The molecule has 2 heterocycles. The Hall–Kier alpha value is -3.41. The van der Waals surface area contributed by atoms with E-state index < -0.39 is 11.7 Å². The number of hydrogen-bond acceptors (Lipinski definition) is 3. The van der Waals surface area contributed by atoms with E-state index in [0.717, 1.165) is 34.0 Å². The fourth-order valence-electron chi connectivity index (χ4n) is 2.77. The quantitative estimate of drug-likeness (QED) is 0.439. The van der Waals surface area contributed by atoms with Crippen LogP contribution in [0.2, 0.25) is 0 Å². The Kier molecular flexibility index (Phi) is 4.24. The van der Waals surface area contributed by atoms with Crippen molar-refractivity contribution in [3.05, 3.63) is 84.8 Å². The van der Waals surface area contributed by atoms with Gasteiger partial charge in [-0.1, -0.05) is 12.1 Å². The molecule has 0 aliphatic rings. The number of nitrogens with zero attached hydrogens (tertiary/aromatic N) is 2. The smallest absolute Gasteiger partial charge is 0.416 e. The highest BCUT2D eigenvalue weighted by Gasteiger charge is 2.30. The molecule has 4 aromatic rings. The van der Waals surface area contributed by atoms with Gasteiger partial charge < -0.3 is 4.74 Å². The van der Waals surface area contributed by atoms with E-state index in [4.69, 9.17) is 4.74 Å². The largest absolute Gasteiger partial charge is 0.438 e. The summed E-state index contributed by atoms with van der Waals surface area (Å²) in [5.74, 6) is 0.603. The van der Waals surface area contributed by atoms with E-state index in [9.17, 15) is 13.2 Å². The molecule has 6 heteroatoms. The second-order valence-corrected chi connectivity index (χ2v) is 5.92. The van der Waals surface area contributed by atoms with Crippen LogP contribution in [0.25, 0.3) is 21.9 Å². The average Bonchev–Trinajstić information content (AvgIpc) is 2.68. The zero-order valence-corrected chi connectivity index (χ0v) is 13.9. The first-order valence-electron chi connectivity index (χ1n) is 8.15. The summed E-state index contributed by atoms with van der Waals surface area (Å²) in [7, 11) is 0. The maximum atomic E-state index is 12.7. The standard InChI is InChI=1S/C21H13F3N2O/c22-21(23,24)17-5-7-18(8-6-17)27-20-19(2-1-10-26-20)15-4-3-14-9-11-25-13-16(14)12-15/h1-13H. The van der Waals surface area contributed by atoms with Gasteiger partial charge in [0.2, 0.25) is 5.88 Å². The molecular weight excluding hydrogens is 353 g/mol. The summed E-state index contributed by atoms with van der Waals surface area (Å²) in [6, 6.07) is 16.0. The third kappa shape index (κ3) is 3.60. The normalized spacial score (nSPS) is 11.5. The molecule has 0 fully saturated rings. The van der Waals surface area contributed by atoms with Crippen LogP contribution in [-0.4, -0.2) is 9.97 Å². The first-order valence-corrected chi connectivity index (χ1v) is 8.15. The summed E-state index contributed by atoms with van der Waals surface area (Å²) in [4.78, 5) is 8.37. The molecule has 0 radical (unpaired) electrons. The van der Waals surface area contributed by atoms with E-state index in [0.29, 0.717) is 5.88 Å².